The topological polar surface area (TPSA) is 84.7 Å². The van der Waals surface area contributed by atoms with Gasteiger partial charge in [0.1, 0.15) is 6.10 Å². The molecule has 0 saturated carbocycles. The van der Waals surface area contributed by atoms with Gasteiger partial charge in [0.05, 0.1) is 36.2 Å². The average molecular weight is 430 g/mol. The Bertz CT molecular complexity index is 1320. The standard InChI is InChI=1S/C24H22N4O4/c1-26-14-25-18-11-16(7-8-17(18)23(26)31)22(30)27-10-9-24-20(27)12-21(29)28(24)13-19(32-24)15-5-3-2-4-6-15/h2-8,11,14,19-20H,9-10,12-13H2,1H3/t19-,20+,24-/m0/s1. The molecule has 0 aliphatic carbocycles. The number of rotatable bonds is 2. The molecule has 6 rings (SSSR count). The van der Waals surface area contributed by atoms with Crippen LogP contribution in [0.15, 0.2) is 59.7 Å². The zero-order valence-corrected chi connectivity index (χ0v) is 17.6. The second kappa shape index (κ2) is 6.74. The first-order valence-electron chi connectivity index (χ1n) is 10.8. The fraction of sp³-hybridized carbons (Fsp3) is 0.333. The first-order valence-corrected chi connectivity index (χ1v) is 10.8. The number of hydrogen-bond acceptors (Lipinski definition) is 5. The van der Waals surface area contributed by atoms with Crippen LogP contribution in [0.4, 0.5) is 0 Å². The molecule has 3 aliphatic rings. The minimum absolute atomic E-state index is 0.0228. The van der Waals surface area contributed by atoms with Crippen LogP contribution in [0.25, 0.3) is 10.9 Å². The van der Waals surface area contributed by atoms with Crippen molar-refractivity contribution in [2.75, 3.05) is 13.1 Å². The first-order chi connectivity index (χ1) is 15.5. The lowest BCUT2D eigenvalue weighted by atomic mass is 10.1. The number of carbonyl (C=O) groups excluding carboxylic acids is 2. The van der Waals surface area contributed by atoms with E-state index < -0.39 is 5.72 Å². The van der Waals surface area contributed by atoms with Crippen molar-refractivity contribution >= 4 is 22.7 Å². The van der Waals surface area contributed by atoms with E-state index in [9.17, 15) is 14.4 Å². The molecule has 0 unspecified atom stereocenters. The maximum atomic E-state index is 13.5. The van der Waals surface area contributed by atoms with Crippen LogP contribution in [-0.4, -0.2) is 56.0 Å². The van der Waals surface area contributed by atoms with E-state index in [-0.39, 0.29) is 35.9 Å². The fourth-order valence-electron chi connectivity index (χ4n) is 5.42. The zero-order chi connectivity index (χ0) is 22.0. The molecule has 0 N–H and O–H groups in total. The number of benzene rings is 2. The highest BCUT2D eigenvalue weighted by Crippen LogP contribution is 2.50. The van der Waals surface area contributed by atoms with Crippen LogP contribution in [0.1, 0.15) is 34.9 Å². The summed E-state index contributed by atoms with van der Waals surface area (Å²) in [5.74, 6) is -0.146. The predicted octanol–water partition coefficient (Wildman–Crippen LogP) is 1.85. The number of likely N-dealkylation sites (tertiary alicyclic amines) is 1. The van der Waals surface area contributed by atoms with Crippen LogP contribution in [0.5, 0.6) is 0 Å². The van der Waals surface area contributed by atoms with Gasteiger partial charge in [-0.3, -0.25) is 14.4 Å². The van der Waals surface area contributed by atoms with Crippen molar-refractivity contribution in [2.45, 2.75) is 30.7 Å². The Hall–Kier alpha value is -3.52. The van der Waals surface area contributed by atoms with E-state index in [0.29, 0.717) is 36.0 Å². The molecule has 3 aliphatic heterocycles. The van der Waals surface area contributed by atoms with Crippen molar-refractivity contribution in [3.05, 3.63) is 76.3 Å². The van der Waals surface area contributed by atoms with Crippen molar-refractivity contribution in [2.24, 2.45) is 7.05 Å². The number of aromatic nitrogens is 2. The highest BCUT2D eigenvalue weighted by atomic mass is 16.5. The molecule has 2 aromatic carbocycles. The van der Waals surface area contributed by atoms with Crippen molar-refractivity contribution < 1.29 is 14.3 Å². The molecule has 0 bridgehead atoms. The van der Waals surface area contributed by atoms with E-state index in [1.807, 2.05) is 35.2 Å². The van der Waals surface area contributed by atoms with Crippen molar-refractivity contribution in [3.8, 4) is 0 Å². The lowest BCUT2D eigenvalue weighted by Gasteiger charge is -2.32. The molecule has 3 saturated heterocycles. The predicted molar refractivity (Wildman–Crippen MR) is 116 cm³/mol. The second-order valence-corrected chi connectivity index (χ2v) is 8.73. The molecule has 32 heavy (non-hydrogen) atoms. The Balaban J connectivity index is 1.32. The van der Waals surface area contributed by atoms with Crippen LogP contribution in [0.3, 0.4) is 0 Å². The monoisotopic (exact) mass is 430 g/mol. The SMILES string of the molecule is Cn1cnc2cc(C(=O)N3CC[C@@]45O[C@H](c6ccccc6)CN4C(=O)C[C@@H]35)ccc2c1=O. The number of ether oxygens (including phenoxy) is 1. The average Bonchev–Trinajstić information content (AvgIpc) is 3.44. The Labute approximate surface area is 184 Å². The van der Waals surface area contributed by atoms with Gasteiger partial charge in [0.15, 0.2) is 5.72 Å². The maximum absolute atomic E-state index is 13.5. The molecular weight excluding hydrogens is 408 g/mol. The number of aryl methyl sites for hydroxylation is 1. The minimum atomic E-state index is -0.766. The van der Waals surface area contributed by atoms with Gasteiger partial charge < -0.3 is 19.1 Å². The van der Waals surface area contributed by atoms with Gasteiger partial charge in [-0.05, 0) is 23.8 Å². The van der Waals surface area contributed by atoms with Crippen molar-refractivity contribution in [1.82, 2.24) is 19.4 Å². The summed E-state index contributed by atoms with van der Waals surface area (Å²) in [5, 5.41) is 0.469. The largest absolute Gasteiger partial charge is 0.343 e. The van der Waals surface area contributed by atoms with Crippen molar-refractivity contribution in [3.63, 3.8) is 0 Å². The molecule has 0 radical (unpaired) electrons. The summed E-state index contributed by atoms with van der Waals surface area (Å²) in [4.78, 5) is 46.5. The third-order valence-corrected chi connectivity index (χ3v) is 7.03. The van der Waals surface area contributed by atoms with Crippen LogP contribution in [0, 0.1) is 0 Å². The van der Waals surface area contributed by atoms with Gasteiger partial charge >= 0.3 is 0 Å². The lowest BCUT2D eigenvalue weighted by Crippen LogP contribution is -2.48. The highest BCUT2D eigenvalue weighted by molar-refractivity contribution is 5.98. The third-order valence-electron chi connectivity index (χ3n) is 7.03. The van der Waals surface area contributed by atoms with E-state index in [2.05, 4.69) is 4.98 Å². The number of carbonyl (C=O) groups is 2. The summed E-state index contributed by atoms with van der Waals surface area (Å²) >= 11 is 0. The number of amides is 2. The molecule has 1 aromatic heterocycles. The third kappa shape index (κ3) is 2.59. The summed E-state index contributed by atoms with van der Waals surface area (Å²) in [6.07, 6.45) is 2.11. The molecular formula is C24H22N4O4. The number of hydrogen-bond donors (Lipinski definition) is 0. The van der Waals surface area contributed by atoms with Gasteiger partial charge in [0.25, 0.3) is 11.5 Å². The molecule has 8 nitrogen and oxygen atoms in total. The second-order valence-electron chi connectivity index (χ2n) is 8.73. The van der Waals surface area contributed by atoms with E-state index in [0.717, 1.165) is 5.56 Å². The minimum Gasteiger partial charge on any atom is -0.343 e. The summed E-state index contributed by atoms with van der Waals surface area (Å²) < 4.78 is 7.93. The quantitative estimate of drug-likeness (QED) is 0.620. The molecule has 3 fully saturated rings. The van der Waals surface area contributed by atoms with Gasteiger partial charge in [-0.2, -0.15) is 0 Å². The van der Waals surface area contributed by atoms with Crippen LogP contribution < -0.4 is 5.56 Å². The van der Waals surface area contributed by atoms with Gasteiger partial charge in [0, 0.05) is 25.6 Å². The van der Waals surface area contributed by atoms with E-state index in [4.69, 9.17) is 4.74 Å². The van der Waals surface area contributed by atoms with Crippen LogP contribution >= 0.6 is 0 Å². The molecule has 3 atom stereocenters. The molecule has 162 valence electrons. The van der Waals surface area contributed by atoms with Crippen molar-refractivity contribution in [1.29, 1.82) is 0 Å². The Morgan fingerprint density at radius 3 is 2.78 bits per heavy atom. The lowest BCUT2D eigenvalue weighted by molar-refractivity contribution is -0.138. The smallest absolute Gasteiger partial charge is 0.260 e. The Morgan fingerprint density at radius 2 is 1.97 bits per heavy atom. The molecule has 8 heteroatoms. The first kappa shape index (κ1) is 19.2. The highest BCUT2D eigenvalue weighted by Gasteiger charge is 2.65. The number of nitrogens with zero attached hydrogens (tertiary/aromatic N) is 4. The van der Waals surface area contributed by atoms with Crippen LogP contribution in [-0.2, 0) is 16.6 Å². The fourth-order valence-corrected chi connectivity index (χ4v) is 5.42. The zero-order valence-electron chi connectivity index (χ0n) is 17.6. The summed E-state index contributed by atoms with van der Waals surface area (Å²) in [7, 11) is 1.64. The summed E-state index contributed by atoms with van der Waals surface area (Å²) in [6.45, 7) is 1.02. The van der Waals surface area contributed by atoms with Gasteiger partial charge in [0.2, 0.25) is 5.91 Å². The normalized spacial score (nSPS) is 26.6. The Kier molecular flexibility index (Phi) is 4.04. The van der Waals surface area contributed by atoms with E-state index in [1.165, 1.54) is 10.9 Å². The summed E-state index contributed by atoms with van der Waals surface area (Å²) in [5.41, 5.74) is 1.06. The summed E-state index contributed by atoms with van der Waals surface area (Å²) in [6, 6.07) is 14.5. The number of fused-ring (bicyclic) bond motifs is 1. The molecule has 1 spiro atoms. The van der Waals surface area contributed by atoms with Crippen LogP contribution in [0.2, 0.25) is 0 Å². The van der Waals surface area contributed by atoms with E-state index >= 15 is 0 Å². The molecule has 2 amide bonds. The van der Waals surface area contributed by atoms with E-state index in [1.54, 1.807) is 30.1 Å². The van der Waals surface area contributed by atoms with Gasteiger partial charge in [-0.15, -0.1) is 0 Å². The molecule has 3 aromatic rings. The van der Waals surface area contributed by atoms with Gasteiger partial charge in [-0.25, -0.2) is 4.98 Å². The van der Waals surface area contributed by atoms with Gasteiger partial charge in [-0.1, -0.05) is 30.3 Å². The maximum Gasteiger partial charge on any atom is 0.260 e. The Morgan fingerprint density at radius 1 is 1.16 bits per heavy atom. The molecule has 4 heterocycles.